The summed E-state index contributed by atoms with van der Waals surface area (Å²) in [6, 6.07) is 64.7. The maximum atomic E-state index is 5.57. The molecule has 0 N–H and O–H groups in total. The Morgan fingerprint density at radius 1 is 0.316 bits per heavy atom. The molecule has 0 saturated heterocycles. The molecule has 0 atom stereocenters. The monoisotopic (exact) mass is 1030 g/mol. The van der Waals surface area contributed by atoms with Gasteiger partial charge in [-0.25, -0.2) is 15.0 Å². The summed E-state index contributed by atoms with van der Waals surface area (Å²) in [6.07, 6.45) is 3.96. The van der Waals surface area contributed by atoms with Crippen molar-refractivity contribution in [1.29, 1.82) is 0 Å². The lowest BCUT2D eigenvalue weighted by Crippen LogP contribution is -2.17. The normalized spacial score (nSPS) is 12.6. The minimum atomic E-state index is -0.116. The number of aryl methyl sites for hydroxylation is 1. The van der Waals surface area contributed by atoms with Crippen molar-refractivity contribution in [1.82, 2.24) is 29.1 Å². The van der Waals surface area contributed by atoms with Gasteiger partial charge in [0.25, 0.3) is 0 Å². The third-order valence-corrected chi connectivity index (χ3v) is 15.9. The van der Waals surface area contributed by atoms with E-state index in [4.69, 9.17) is 19.9 Å². The van der Waals surface area contributed by atoms with Gasteiger partial charge in [0, 0.05) is 61.8 Å². The van der Waals surface area contributed by atoms with Gasteiger partial charge in [-0.1, -0.05) is 180 Å². The Balaban J connectivity index is 1.17. The fourth-order valence-corrected chi connectivity index (χ4v) is 11.3. The number of nitrogens with zero attached hydrogens (tertiary/aromatic N) is 6. The number of benzene rings is 8. The minimum absolute atomic E-state index is 0.116. The molecular weight excluding hydrogens is 961 g/mol. The predicted molar refractivity (Wildman–Crippen MR) is 333 cm³/mol. The lowest BCUT2D eigenvalue weighted by atomic mass is 9.79. The van der Waals surface area contributed by atoms with Gasteiger partial charge in [-0.05, 0) is 147 Å². The first-order valence-electron chi connectivity index (χ1n) is 27.9. The number of aromatic nitrogens is 6. The smallest absolute Gasteiger partial charge is 0.164 e. The van der Waals surface area contributed by atoms with E-state index in [-0.39, 0.29) is 21.7 Å². The van der Waals surface area contributed by atoms with Gasteiger partial charge >= 0.3 is 0 Å². The van der Waals surface area contributed by atoms with Crippen molar-refractivity contribution in [3.05, 3.63) is 216 Å². The highest BCUT2D eigenvalue weighted by Gasteiger charge is 2.27. The van der Waals surface area contributed by atoms with Gasteiger partial charge in [0.2, 0.25) is 0 Å². The molecule has 79 heavy (non-hydrogen) atoms. The molecule has 392 valence electrons. The van der Waals surface area contributed by atoms with Crippen LogP contribution in [-0.4, -0.2) is 29.1 Å². The Morgan fingerprint density at radius 2 is 0.747 bits per heavy atom. The van der Waals surface area contributed by atoms with Gasteiger partial charge in [0.15, 0.2) is 17.5 Å². The standard InChI is InChI=1S/C73H70N6/c1-45-27-30-63-57(35-45)55-23-17-19-25-61(55)79(63)66-33-34-74-44-60(66)59-41-48(29-32-65(59)78-62-26-20-18-24-56(62)58-40-47(28-31-64(58)78)46-21-15-14-16-22-46)67-75-68(49-36-51(70(2,3)4)42-52(37-49)71(5,6)7)77-69(76-67)50-38-53(72(8,9)10)43-54(39-50)73(11,12)13/h14-44H,1-13H3. The Morgan fingerprint density at radius 3 is 1.27 bits per heavy atom. The summed E-state index contributed by atoms with van der Waals surface area (Å²) in [4.78, 5) is 21.6. The van der Waals surface area contributed by atoms with E-state index in [2.05, 4.69) is 275 Å². The largest absolute Gasteiger partial charge is 0.309 e. The van der Waals surface area contributed by atoms with E-state index < -0.39 is 0 Å². The zero-order chi connectivity index (χ0) is 55.3. The van der Waals surface area contributed by atoms with E-state index in [0.717, 1.165) is 61.3 Å². The average molecular weight is 1030 g/mol. The van der Waals surface area contributed by atoms with E-state index >= 15 is 0 Å². The minimum Gasteiger partial charge on any atom is -0.309 e. The van der Waals surface area contributed by atoms with Crippen molar-refractivity contribution in [2.75, 3.05) is 0 Å². The molecule has 0 unspecified atom stereocenters. The molecule has 8 aromatic carbocycles. The second-order valence-corrected chi connectivity index (χ2v) is 25.9. The quantitative estimate of drug-likeness (QED) is 0.160. The van der Waals surface area contributed by atoms with Crippen LogP contribution in [0.1, 0.15) is 111 Å². The highest BCUT2D eigenvalue weighted by atomic mass is 15.0. The fourth-order valence-electron chi connectivity index (χ4n) is 11.3. The number of pyridine rings is 1. The number of hydrogen-bond donors (Lipinski definition) is 0. The summed E-state index contributed by atoms with van der Waals surface area (Å²) < 4.78 is 4.85. The summed E-state index contributed by atoms with van der Waals surface area (Å²) in [5.41, 5.74) is 19.4. The molecule has 0 spiro atoms. The topological polar surface area (TPSA) is 61.4 Å². The molecule has 0 radical (unpaired) electrons. The van der Waals surface area contributed by atoms with Crippen molar-refractivity contribution in [2.45, 2.75) is 112 Å². The van der Waals surface area contributed by atoms with Crippen molar-refractivity contribution in [3.63, 3.8) is 0 Å². The van der Waals surface area contributed by atoms with Crippen LogP contribution in [0.15, 0.2) is 188 Å². The van der Waals surface area contributed by atoms with Gasteiger partial charge in [-0.15, -0.1) is 0 Å². The number of hydrogen-bond acceptors (Lipinski definition) is 4. The van der Waals surface area contributed by atoms with Crippen LogP contribution in [0, 0.1) is 6.92 Å². The Bertz CT molecular complexity index is 4190. The first-order valence-corrected chi connectivity index (χ1v) is 27.9. The van der Waals surface area contributed by atoms with E-state index in [1.165, 1.54) is 60.5 Å². The van der Waals surface area contributed by atoms with Crippen LogP contribution < -0.4 is 0 Å². The van der Waals surface area contributed by atoms with Crippen molar-refractivity contribution >= 4 is 43.6 Å². The second kappa shape index (κ2) is 18.9. The number of para-hydroxylation sites is 2. The molecule has 0 saturated carbocycles. The SMILES string of the molecule is Cc1ccc2c(c1)c1ccccc1n2-c1ccncc1-c1cc(-c2nc(-c3cc(C(C)(C)C)cc(C(C)(C)C)c3)nc(-c3cc(C(C)(C)C)cc(C(C)(C)C)c3)n2)ccc1-n1c2ccccc2c2cc(-c3ccccc3)ccc21. The molecule has 0 amide bonds. The van der Waals surface area contributed by atoms with Crippen molar-refractivity contribution in [2.24, 2.45) is 0 Å². The number of rotatable bonds is 7. The molecule has 4 heterocycles. The van der Waals surface area contributed by atoms with Gasteiger partial charge in [-0.2, -0.15) is 0 Å². The lowest BCUT2D eigenvalue weighted by molar-refractivity contribution is 0.568. The molecule has 4 aromatic heterocycles. The highest BCUT2D eigenvalue weighted by molar-refractivity contribution is 6.12. The third kappa shape index (κ3) is 9.41. The van der Waals surface area contributed by atoms with Crippen molar-refractivity contribution < 1.29 is 0 Å². The third-order valence-electron chi connectivity index (χ3n) is 15.9. The zero-order valence-corrected chi connectivity index (χ0v) is 48.1. The van der Waals surface area contributed by atoms with Gasteiger partial charge in [-0.3, -0.25) is 4.98 Å². The average Bonchev–Trinajstić information content (AvgIpc) is 4.18. The van der Waals surface area contributed by atoms with E-state index in [1.54, 1.807) is 0 Å². The van der Waals surface area contributed by atoms with E-state index in [0.29, 0.717) is 17.5 Å². The Kier molecular flexibility index (Phi) is 12.3. The molecule has 12 aromatic rings. The molecular formula is C73H70N6. The maximum Gasteiger partial charge on any atom is 0.164 e. The van der Waals surface area contributed by atoms with Crippen LogP contribution in [0.5, 0.6) is 0 Å². The fraction of sp³-hybridized carbons (Fsp3) is 0.233. The molecule has 0 aliphatic rings. The highest BCUT2D eigenvalue weighted by Crippen LogP contribution is 2.44. The molecule has 0 bridgehead atoms. The zero-order valence-electron chi connectivity index (χ0n) is 48.1. The second-order valence-electron chi connectivity index (χ2n) is 25.9. The predicted octanol–water partition coefficient (Wildman–Crippen LogP) is 19.3. The van der Waals surface area contributed by atoms with E-state index in [9.17, 15) is 0 Å². The molecule has 0 aliphatic carbocycles. The maximum absolute atomic E-state index is 5.57. The van der Waals surface area contributed by atoms with Crippen LogP contribution in [-0.2, 0) is 21.7 Å². The number of fused-ring (bicyclic) bond motifs is 6. The summed E-state index contributed by atoms with van der Waals surface area (Å²) in [5, 5.41) is 4.78. The molecule has 0 fully saturated rings. The first kappa shape index (κ1) is 51.3. The van der Waals surface area contributed by atoms with Gasteiger partial charge in [0.1, 0.15) is 0 Å². The van der Waals surface area contributed by atoms with Gasteiger partial charge < -0.3 is 9.13 Å². The summed E-state index contributed by atoms with van der Waals surface area (Å²) in [6.45, 7) is 29.6. The van der Waals surface area contributed by atoms with Crippen LogP contribution in [0.3, 0.4) is 0 Å². The first-order chi connectivity index (χ1) is 37.6. The molecule has 6 heteroatoms. The lowest BCUT2D eigenvalue weighted by Gasteiger charge is -2.26. The van der Waals surface area contributed by atoms with Crippen molar-refractivity contribution in [3.8, 4) is 67.8 Å². The van der Waals surface area contributed by atoms with Crippen LogP contribution in [0.4, 0.5) is 0 Å². The van der Waals surface area contributed by atoms with Crippen LogP contribution in [0.2, 0.25) is 0 Å². The molecule has 12 rings (SSSR count). The molecule has 6 nitrogen and oxygen atoms in total. The van der Waals surface area contributed by atoms with Crippen LogP contribution in [0.25, 0.3) is 111 Å². The van der Waals surface area contributed by atoms with Gasteiger partial charge in [0.05, 0.1) is 33.4 Å². The molecule has 0 aliphatic heterocycles. The summed E-state index contributed by atoms with van der Waals surface area (Å²) in [7, 11) is 0. The Hall–Kier alpha value is -8.48. The summed E-state index contributed by atoms with van der Waals surface area (Å²) >= 11 is 0. The van der Waals surface area contributed by atoms with E-state index in [1.807, 2.05) is 12.4 Å². The summed E-state index contributed by atoms with van der Waals surface area (Å²) in [5.74, 6) is 1.87. The van der Waals surface area contributed by atoms with Crippen LogP contribution >= 0.6 is 0 Å². The Labute approximate surface area is 465 Å².